The number of rotatable bonds is 13. The van der Waals surface area contributed by atoms with Crippen LogP contribution >= 0.6 is 11.3 Å². The molecule has 1 N–H and O–H groups in total. The maximum atomic E-state index is 5.62. The van der Waals surface area contributed by atoms with Gasteiger partial charge >= 0.3 is 0 Å². The lowest BCUT2D eigenvalue weighted by atomic mass is 10.1. The van der Waals surface area contributed by atoms with Crippen LogP contribution in [-0.4, -0.2) is 58.2 Å². The Bertz CT molecular complexity index is 587. The van der Waals surface area contributed by atoms with Crippen molar-refractivity contribution in [1.82, 2.24) is 10.3 Å². The van der Waals surface area contributed by atoms with Crippen molar-refractivity contribution in [3.8, 4) is 10.4 Å². The molecule has 0 bridgehead atoms. The molecule has 0 radical (unpaired) electrons. The topological polar surface area (TPSA) is 52.6 Å². The summed E-state index contributed by atoms with van der Waals surface area (Å²) in [7, 11) is 1.91. The van der Waals surface area contributed by atoms with Gasteiger partial charge in [-0.1, -0.05) is 24.3 Å². The molecule has 5 nitrogen and oxygen atoms in total. The largest absolute Gasteiger partial charge is 0.379 e. The highest BCUT2D eigenvalue weighted by Crippen LogP contribution is 2.27. The molecule has 0 unspecified atom stereocenters. The molecule has 0 saturated carbocycles. The van der Waals surface area contributed by atoms with Crippen molar-refractivity contribution >= 4 is 11.3 Å². The molecule has 2 rings (SSSR count). The van der Waals surface area contributed by atoms with E-state index in [1.54, 1.807) is 11.3 Å². The first-order valence-corrected chi connectivity index (χ1v) is 9.56. The summed E-state index contributed by atoms with van der Waals surface area (Å²) in [5.74, 6) is 0. The fourth-order valence-electron chi connectivity index (χ4n) is 2.31. The summed E-state index contributed by atoms with van der Waals surface area (Å²) in [5, 5.41) is 3.03. The molecule has 2 aromatic rings. The molecule has 1 heterocycles. The van der Waals surface area contributed by atoms with Gasteiger partial charge in [-0.2, -0.15) is 0 Å². The Kier molecular flexibility index (Phi) is 9.69. The normalized spacial score (nSPS) is 11.1. The molecule has 0 aliphatic heterocycles. The van der Waals surface area contributed by atoms with Crippen LogP contribution < -0.4 is 5.32 Å². The van der Waals surface area contributed by atoms with Crippen LogP contribution in [0.3, 0.4) is 0 Å². The predicted octanol–water partition coefficient (Wildman–Crippen LogP) is 2.93. The van der Waals surface area contributed by atoms with Crippen LogP contribution in [0.2, 0.25) is 0 Å². The quantitative estimate of drug-likeness (QED) is 0.554. The number of hydrogen-bond acceptors (Lipinski definition) is 6. The number of nitrogens with zero attached hydrogens (tertiary/aromatic N) is 1. The number of nitrogens with one attached hydrogen (secondary N) is 1. The first kappa shape index (κ1) is 20.0. The van der Waals surface area contributed by atoms with E-state index in [9.17, 15) is 0 Å². The predicted molar refractivity (Wildman–Crippen MR) is 102 cm³/mol. The van der Waals surface area contributed by atoms with Gasteiger partial charge in [0.15, 0.2) is 0 Å². The number of aryl methyl sites for hydroxylation is 1. The SMILES string of the molecule is CNCCOCCOCCOCCc1ccc(-c2scnc2C)cc1. The number of hydrogen-bond donors (Lipinski definition) is 1. The van der Waals surface area contributed by atoms with Crippen LogP contribution in [0.5, 0.6) is 0 Å². The second kappa shape index (κ2) is 12.1. The monoisotopic (exact) mass is 364 g/mol. The molecule has 1 aromatic heterocycles. The van der Waals surface area contributed by atoms with E-state index in [4.69, 9.17) is 14.2 Å². The molecule has 0 spiro atoms. The lowest BCUT2D eigenvalue weighted by Crippen LogP contribution is -2.16. The Morgan fingerprint density at radius 3 is 2.16 bits per heavy atom. The van der Waals surface area contributed by atoms with Crippen LogP contribution in [0, 0.1) is 6.92 Å². The Balaban J connectivity index is 1.52. The number of benzene rings is 1. The van der Waals surface area contributed by atoms with Gasteiger partial charge < -0.3 is 19.5 Å². The molecular formula is C19H28N2O3S. The Labute approximate surface area is 154 Å². The number of ether oxygens (including phenoxy) is 3. The number of likely N-dealkylation sites (N-methyl/N-ethyl adjacent to an activating group) is 1. The maximum Gasteiger partial charge on any atom is 0.0801 e. The van der Waals surface area contributed by atoms with Crippen molar-refractivity contribution in [1.29, 1.82) is 0 Å². The van der Waals surface area contributed by atoms with E-state index < -0.39 is 0 Å². The fourth-order valence-corrected chi connectivity index (χ4v) is 3.12. The Morgan fingerprint density at radius 1 is 0.920 bits per heavy atom. The second-order valence-electron chi connectivity index (χ2n) is 5.65. The van der Waals surface area contributed by atoms with Gasteiger partial charge in [0.25, 0.3) is 0 Å². The third-order valence-electron chi connectivity index (χ3n) is 3.74. The first-order chi connectivity index (χ1) is 12.3. The van der Waals surface area contributed by atoms with Gasteiger partial charge in [-0.05, 0) is 31.5 Å². The van der Waals surface area contributed by atoms with E-state index >= 15 is 0 Å². The maximum absolute atomic E-state index is 5.62. The van der Waals surface area contributed by atoms with Gasteiger partial charge in [-0.3, -0.25) is 0 Å². The molecule has 0 amide bonds. The molecule has 0 fully saturated rings. The average molecular weight is 365 g/mol. The number of thiazole rings is 1. The third kappa shape index (κ3) is 7.63. The van der Waals surface area contributed by atoms with E-state index in [2.05, 4.69) is 34.6 Å². The minimum absolute atomic E-state index is 0.610. The van der Waals surface area contributed by atoms with Crippen LogP contribution in [-0.2, 0) is 20.6 Å². The highest BCUT2D eigenvalue weighted by atomic mass is 32.1. The van der Waals surface area contributed by atoms with Gasteiger partial charge in [-0.15, -0.1) is 11.3 Å². The van der Waals surface area contributed by atoms with Crippen LogP contribution in [0.4, 0.5) is 0 Å². The molecule has 138 valence electrons. The molecule has 25 heavy (non-hydrogen) atoms. The summed E-state index contributed by atoms with van der Waals surface area (Å²) in [6.07, 6.45) is 0.912. The lowest BCUT2D eigenvalue weighted by molar-refractivity contribution is 0.0159. The van der Waals surface area contributed by atoms with Gasteiger partial charge in [0.1, 0.15) is 0 Å². The van der Waals surface area contributed by atoms with Crippen molar-refractivity contribution in [3.63, 3.8) is 0 Å². The van der Waals surface area contributed by atoms with Gasteiger partial charge in [-0.25, -0.2) is 4.98 Å². The standard InChI is InChI=1S/C19H28N2O3S/c1-16-19(25-15-21-16)18-5-3-17(4-6-18)7-9-22-11-13-24-14-12-23-10-8-20-2/h3-6,15,20H,7-14H2,1-2H3. The van der Waals surface area contributed by atoms with Crippen LogP contribution in [0.1, 0.15) is 11.3 Å². The van der Waals surface area contributed by atoms with Crippen molar-refractivity contribution in [3.05, 3.63) is 41.0 Å². The number of aromatic nitrogens is 1. The lowest BCUT2D eigenvalue weighted by Gasteiger charge is -2.07. The van der Waals surface area contributed by atoms with E-state index in [-0.39, 0.29) is 0 Å². The van der Waals surface area contributed by atoms with Crippen LogP contribution in [0.15, 0.2) is 29.8 Å². The highest BCUT2D eigenvalue weighted by Gasteiger charge is 2.04. The average Bonchev–Trinajstić information content (AvgIpc) is 3.06. The molecule has 0 atom stereocenters. The minimum Gasteiger partial charge on any atom is -0.379 e. The van der Waals surface area contributed by atoms with Gasteiger partial charge in [0.05, 0.1) is 55.7 Å². The summed E-state index contributed by atoms with van der Waals surface area (Å²) in [6, 6.07) is 8.65. The Hall–Kier alpha value is -1.31. The third-order valence-corrected chi connectivity index (χ3v) is 4.71. The van der Waals surface area contributed by atoms with E-state index in [0.29, 0.717) is 33.0 Å². The van der Waals surface area contributed by atoms with E-state index in [0.717, 1.165) is 25.3 Å². The van der Waals surface area contributed by atoms with Crippen molar-refractivity contribution in [2.24, 2.45) is 0 Å². The zero-order valence-electron chi connectivity index (χ0n) is 15.1. The molecule has 6 heteroatoms. The smallest absolute Gasteiger partial charge is 0.0801 e. The fraction of sp³-hybridized carbons (Fsp3) is 0.526. The molecule has 0 aliphatic rings. The molecule has 1 aromatic carbocycles. The van der Waals surface area contributed by atoms with Gasteiger partial charge in [0.2, 0.25) is 0 Å². The van der Waals surface area contributed by atoms with Crippen molar-refractivity contribution in [2.45, 2.75) is 13.3 Å². The van der Waals surface area contributed by atoms with Crippen LogP contribution in [0.25, 0.3) is 10.4 Å². The summed E-state index contributed by atoms with van der Waals surface area (Å²) < 4.78 is 16.5. The van der Waals surface area contributed by atoms with Crippen molar-refractivity contribution in [2.75, 3.05) is 53.2 Å². The highest BCUT2D eigenvalue weighted by molar-refractivity contribution is 7.13. The zero-order chi connectivity index (χ0) is 17.7. The van der Waals surface area contributed by atoms with E-state index in [1.807, 2.05) is 19.5 Å². The minimum atomic E-state index is 0.610. The summed E-state index contributed by atoms with van der Waals surface area (Å²) in [4.78, 5) is 5.55. The molecular weight excluding hydrogens is 336 g/mol. The molecule has 0 aliphatic carbocycles. The summed E-state index contributed by atoms with van der Waals surface area (Å²) >= 11 is 1.68. The zero-order valence-corrected chi connectivity index (χ0v) is 15.9. The first-order valence-electron chi connectivity index (χ1n) is 8.68. The molecule has 0 saturated heterocycles. The summed E-state index contributed by atoms with van der Waals surface area (Å²) in [6.45, 7) is 6.82. The Morgan fingerprint density at radius 2 is 1.56 bits per heavy atom. The summed E-state index contributed by atoms with van der Waals surface area (Å²) in [5.41, 5.74) is 5.50. The second-order valence-corrected chi connectivity index (χ2v) is 6.51. The van der Waals surface area contributed by atoms with E-state index in [1.165, 1.54) is 16.0 Å². The van der Waals surface area contributed by atoms with Gasteiger partial charge in [0, 0.05) is 6.54 Å². The van der Waals surface area contributed by atoms with Crippen molar-refractivity contribution < 1.29 is 14.2 Å².